The van der Waals surface area contributed by atoms with Crippen LogP contribution in [0.5, 0.6) is 0 Å². The van der Waals surface area contributed by atoms with E-state index >= 15 is 0 Å². The summed E-state index contributed by atoms with van der Waals surface area (Å²) in [6.07, 6.45) is 1.92. The van der Waals surface area contributed by atoms with E-state index in [0.717, 1.165) is 47.1 Å². The highest BCUT2D eigenvalue weighted by atomic mass is 32.1. The second-order valence-electron chi connectivity index (χ2n) is 6.92. The SMILES string of the molecule is Cc1nc(C)c(C(=O)N2CC[C@H]3[C@@H]2CCN3Cc2ccccc2F)s1. The number of aromatic nitrogens is 1. The Bertz CT molecular complexity index is 806. The fourth-order valence-corrected chi connectivity index (χ4v) is 5.11. The lowest BCUT2D eigenvalue weighted by atomic mass is 10.1. The molecule has 2 aliphatic rings. The van der Waals surface area contributed by atoms with Crippen molar-refractivity contribution in [3.8, 4) is 0 Å². The molecule has 2 aromatic rings. The highest BCUT2D eigenvalue weighted by Gasteiger charge is 2.45. The zero-order chi connectivity index (χ0) is 17.6. The number of fused-ring (bicyclic) bond motifs is 1. The van der Waals surface area contributed by atoms with Gasteiger partial charge in [-0.2, -0.15) is 0 Å². The molecular formula is C19H22FN3OS. The molecule has 0 spiro atoms. The maximum absolute atomic E-state index is 14.0. The van der Waals surface area contributed by atoms with Gasteiger partial charge in [-0.25, -0.2) is 9.37 Å². The fraction of sp³-hybridized carbons (Fsp3) is 0.474. The Labute approximate surface area is 151 Å². The first-order chi connectivity index (χ1) is 12.0. The first-order valence-corrected chi connectivity index (χ1v) is 9.58. The minimum atomic E-state index is -0.146. The monoisotopic (exact) mass is 359 g/mol. The highest BCUT2D eigenvalue weighted by molar-refractivity contribution is 7.13. The van der Waals surface area contributed by atoms with Crippen molar-refractivity contribution < 1.29 is 9.18 Å². The van der Waals surface area contributed by atoms with Crippen LogP contribution in [0.15, 0.2) is 24.3 Å². The van der Waals surface area contributed by atoms with Crippen molar-refractivity contribution in [2.75, 3.05) is 13.1 Å². The van der Waals surface area contributed by atoms with Gasteiger partial charge in [0.1, 0.15) is 10.7 Å². The van der Waals surface area contributed by atoms with Crippen molar-refractivity contribution in [3.63, 3.8) is 0 Å². The van der Waals surface area contributed by atoms with Gasteiger partial charge < -0.3 is 4.90 Å². The number of nitrogens with zero attached hydrogens (tertiary/aromatic N) is 3. The normalized spacial score (nSPS) is 23.2. The van der Waals surface area contributed by atoms with E-state index in [9.17, 15) is 9.18 Å². The maximum Gasteiger partial charge on any atom is 0.266 e. The zero-order valence-corrected chi connectivity index (χ0v) is 15.4. The van der Waals surface area contributed by atoms with Crippen LogP contribution in [0, 0.1) is 19.7 Å². The third-order valence-corrected chi connectivity index (χ3v) is 6.44. The molecule has 0 unspecified atom stereocenters. The summed E-state index contributed by atoms with van der Waals surface area (Å²) in [5.74, 6) is -0.0315. The average Bonchev–Trinajstić information content (AvgIpc) is 3.25. The summed E-state index contributed by atoms with van der Waals surface area (Å²) in [5, 5.41) is 0.934. The van der Waals surface area contributed by atoms with Crippen LogP contribution >= 0.6 is 11.3 Å². The average molecular weight is 359 g/mol. The summed E-state index contributed by atoms with van der Waals surface area (Å²) in [6.45, 7) is 6.15. The van der Waals surface area contributed by atoms with E-state index in [0.29, 0.717) is 12.6 Å². The largest absolute Gasteiger partial charge is 0.333 e. The standard InChI is InChI=1S/C19H22FN3OS/c1-12-18(25-13(2)21-12)19(24)23-10-8-16-17(23)7-9-22(16)11-14-5-3-4-6-15(14)20/h3-6,16-17H,7-11H2,1-2H3/t16-,17-/m0/s1. The van der Waals surface area contributed by atoms with Crippen LogP contribution in [0.2, 0.25) is 0 Å². The van der Waals surface area contributed by atoms with Gasteiger partial charge in [0.05, 0.1) is 10.7 Å². The van der Waals surface area contributed by atoms with Gasteiger partial charge in [0.25, 0.3) is 5.91 Å². The third kappa shape index (κ3) is 2.98. The number of aryl methyl sites for hydroxylation is 2. The van der Waals surface area contributed by atoms with E-state index in [1.807, 2.05) is 30.9 Å². The molecule has 4 nitrogen and oxygen atoms in total. The summed E-state index contributed by atoms with van der Waals surface area (Å²) in [7, 11) is 0. The van der Waals surface area contributed by atoms with E-state index < -0.39 is 0 Å². The van der Waals surface area contributed by atoms with E-state index in [1.165, 1.54) is 17.4 Å². The minimum absolute atomic E-state index is 0.114. The summed E-state index contributed by atoms with van der Waals surface area (Å²) < 4.78 is 14.0. The Balaban J connectivity index is 1.49. The van der Waals surface area contributed by atoms with Crippen LogP contribution in [0.4, 0.5) is 4.39 Å². The quantitative estimate of drug-likeness (QED) is 0.843. The molecule has 0 aliphatic carbocycles. The molecule has 2 saturated heterocycles. The number of halogens is 1. The van der Waals surface area contributed by atoms with Gasteiger partial charge in [-0.1, -0.05) is 18.2 Å². The van der Waals surface area contributed by atoms with Gasteiger partial charge in [0.2, 0.25) is 0 Å². The molecular weight excluding hydrogens is 337 g/mol. The van der Waals surface area contributed by atoms with Gasteiger partial charge in [-0.15, -0.1) is 11.3 Å². The van der Waals surface area contributed by atoms with Crippen LogP contribution in [0.1, 0.15) is 38.8 Å². The van der Waals surface area contributed by atoms with Gasteiger partial charge in [-0.05, 0) is 32.8 Å². The summed E-state index contributed by atoms with van der Waals surface area (Å²) in [6, 6.07) is 7.54. The number of carbonyl (C=O) groups is 1. The summed E-state index contributed by atoms with van der Waals surface area (Å²) in [5.41, 5.74) is 1.57. The smallest absolute Gasteiger partial charge is 0.266 e. The first-order valence-electron chi connectivity index (χ1n) is 8.77. The molecule has 0 bridgehead atoms. The lowest BCUT2D eigenvalue weighted by Crippen LogP contribution is -2.39. The Hall–Kier alpha value is -1.79. The van der Waals surface area contributed by atoms with Crippen molar-refractivity contribution >= 4 is 17.2 Å². The topological polar surface area (TPSA) is 36.4 Å². The van der Waals surface area contributed by atoms with Crippen molar-refractivity contribution in [1.82, 2.24) is 14.8 Å². The Morgan fingerprint density at radius 3 is 2.72 bits per heavy atom. The molecule has 3 heterocycles. The molecule has 2 atom stereocenters. The number of hydrogen-bond donors (Lipinski definition) is 0. The molecule has 0 N–H and O–H groups in total. The number of carbonyl (C=O) groups excluding carboxylic acids is 1. The van der Waals surface area contributed by atoms with Gasteiger partial charge in [-0.3, -0.25) is 9.69 Å². The van der Waals surface area contributed by atoms with Crippen LogP contribution in [-0.2, 0) is 6.54 Å². The predicted molar refractivity (Wildman–Crippen MR) is 96.2 cm³/mol. The second kappa shape index (κ2) is 6.50. The number of rotatable bonds is 3. The lowest BCUT2D eigenvalue weighted by molar-refractivity contribution is 0.0735. The van der Waals surface area contributed by atoms with E-state index in [4.69, 9.17) is 0 Å². The van der Waals surface area contributed by atoms with Gasteiger partial charge in [0, 0.05) is 37.3 Å². The van der Waals surface area contributed by atoms with Crippen LogP contribution in [0.3, 0.4) is 0 Å². The second-order valence-corrected chi connectivity index (χ2v) is 8.12. The molecule has 1 amide bonds. The zero-order valence-electron chi connectivity index (χ0n) is 14.5. The molecule has 4 rings (SSSR count). The summed E-state index contributed by atoms with van der Waals surface area (Å²) in [4.78, 5) is 22.5. The lowest BCUT2D eigenvalue weighted by Gasteiger charge is -2.25. The number of likely N-dealkylation sites (tertiary alicyclic amines) is 2. The summed E-state index contributed by atoms with van der Waals surface area (Å²) >= 11 is 1.48. The van der Waals surface area contributed by atoms with Crippen LogP contribution in [0.25, 0.3) is 0 Å². The minimum Gasteiger partial charge on any atom is -0.333 e. The van der Waals surface area contributed by atoms with Crippen molar-refractivity contribution in [2.24, 2.45) is 0 Å². The Morgan fingerprint density at radius 2 is 2.00 bits per heavy atom. The van der Waals surface area contributed by atoms with Gasteiger partial charge >= 0.3 is 0 Å². The van der Waals surface area contributed by atoms with Crippen LogP contribution < -0.4 is 0 Å². The van der Waals surface area contributed by atoms with Gasteiger partial charge in [0.15, 0.2) is 0 Å². The molecule has 132 valence electrons. The number of benzene rings is 1. The number of hydrogen-bond acceptors (Lipinski definition) is 4. The molecule has 2 fully saturated rings. The van der Waals surface area contributed by atoms with Crippen molar-refractivity contribution in [3.05, 3.63) is 51.2 Å². The predicted octanol–water partition coefficient (Wildman–Crippen LogP) is 3.39. The highest BCUT2D eigenvalue weighted by Crippen LogP contribution is 2.34. The molecule has 0 saturated carbocycles. The first kappa shape index (κ1) is 16.7. The Morgan fingerprint density at radius 1 is 1.24 bits per heavy atom. The molecule has 1 aromatic heterocycles. The van der Waals surface area contributed by atoms with Crippen LogP contribution in [-0.4, -0.2) is 45.9 Å². The third-order valence-electron chi connectivity index (χ3n) is 5.38. The van der Waals surface area contributed by atoms with E-state index in [1.54, 1.807) is 6.07 Å². The number of thiazole rings is 1. The Kier molecular flexibility index (Phi) is 4.33. The fourth-order valence-electron chi connectivity index (χ4n) is 4.23. The molecule has 2 aliphatic heterocycles. The van der Waals surface area contributed by atoms with Crippen molar-refractivity contribution in [2.45, 2.75) is 45.3 Å². The number of amides is 1. The van der Waals surface area contributed by atoms with Crippen molar-refractivity contribution in [1.29, 1.82) is 0 Å². The molecule has 6 heteroatoms. The molecule has 0 radical (unpaired) electrons. The van der Waals surface area contributed by atoms with E-state index in [2.05, 4.69) is 9.88 Å². The molecule has 25 heavy (non-hydrogen) atoms. The van der Waals surface area contributed by atoms with E-state index in [-0.39, 0.29) is 17.8 Å². The molecule has 1 aromatic carbocycles. The maximum atomic E-state index is 14.0.